The molecule has 3 aromatic rings. The first-order chi connectivity index (χ1) is 18.6. The third-order valence-electron chi connectivity index (χ3n) is 4.63. The Morgan fingerprint density at radius 1 is 0.447 bits per heavy atom. The van der Waals surface area contributed by atoms with Crippen LogP contribution in [0.1, 0.15) is 69.1 Å². The molecule has 0 radical (unpaired) electrons. The van der Waals surface area contributed by atoms with E-state index in [0.717, 1.165) is 0 Å². The zero-order valence-electron chi connectivity index (χ0n) is 24.2. The molecule has 0 fully saturated rings. The van der Waals surface area contributed by atoms with Crippen LogP contribution in [0, 0.1) is 0 Å². The first kappa shape index (κ1) is 38.6. The average Bonchev–Trinajstić information content (AvgIpc) is 3.02. The molecule has 0 aromatic heterocycles. The van der Waals surface area contributed by atoms with Crippen LogP contribution in [0.4, 0.5) is 0 Å². The van der Waals surface area contributed by atoms with Gasteiger partial charge in [0.1, 0.15) is 0 Å². The summed E-state index contributed by atoms with van der Waals surface area (Å²) in [5, 5.41) is 0. The Kier molecular flexibility index (Phi) is 35.8. The van der Waals surface area contributed by atoms with E-state index < -0.39 is 0 Å². The van der Waals surface area contributed by atoms with Gasteiger partial charge in [-0.05, 0) is 29.5 Å². The van der Waals surface area contributed by atoms with E-state index >= 15 is 0 Å². The largest absolute Gasteiger partial charge is 0.106 e. The van der Waals surface area contributed by atoms with Crippen molar-refractivity contribution in [1.29, 1.82) is 0 Å². The van der Waals surface area contributed by atoms with Crippen LogP contribution in [-0.2, 0) is 0 Å². The predicted octanol–water partition coefficient (Wildman–Crippen LogP) is 12.5. The van der Waals surface area contributed by atoms with E-state index in [9.17, 15) is 0 Å². The lowest BCUT2D eigenvalue weighted by Gasteiger charge is -1.85. The van der Waals surface area contributed by atoms with E-state index in [0.29, 0.717) is 0 Å². The highest BCUT2D eigenvalue weighted by Crippen LogP contribution is 1.99. The third kappa shape index (κ3) is 30.1. The van der Waals surface area contributed by atoms with Gasteiger partial charge in [0.05, 0.1) is 0 Å². The fraction of sp³-hybridized carbons (Fsp3) is 0.211. The van der Waals surface area contributed by atoms with Crippen LogP contribution < -0.4 is 0 Å². The monoisotopic (exact) mass is 508 g/mol. The van der Waals surface area contributed by atoms with Gasteiger partial charge in [0, 0.05) is 0 Å². The highest BCUT2D eigenvalue weighted by molar-refractivity contribution is 5.46. The molecule has 204 valence electrons. The summed E-state index contributed by atoms with van der Waals surface area (Å²) in [5.74, 6) is 0. The summed E-state index contributed by atoms with van der Waals surface area (Å²) in [7, 11) is 0. The summed E-state index contributed by atoms with van der Waals surface area (Å²) < 4.78 is 0. The van der Waals surface area contributed by atoms with Gasteiger partial charge < -0.3 is 0 Å². The molecular formula is C38H52. The highest BCUT2D eigenvalue weighted by atomic mass is 13.8. The van der Waals surface area contributed by atoms with Crippen LogP contribution in [0.2, 0.25) is 0 Å². The van der Waals surface area contributed by atoms with E-state index in [1.165, 1.54) is 55.2 Å². The highest BCUT2D eigenvalue weighted by Gasteiger charge is 1.77. The molecule has 0 heteroatoms. The molecule has 0 saturated heterocycles. The second-order valence-corrected chi connectivity index (χ2v) is 7.71. The maximum atomic E-state index is 3.63. The van der Waals surface area contributed by atoms with Crippen LogP contribution in [-0.4, -0.2) is 0 Å². The van der Waals surface area contributed by atoms with Crippen molar-refractivity contribution in [2.45, 2.75) is 52.4 Å². The van der Waals surface area contributed by atoms with Crippen molar-refractivity contribution in [3.63, 3.8) is 0 Å². The molecule has 0 nitrogen and oxygen atoms in total. The van der Waals surface area contributed by atoms with Gasteiger partial charge in [-0.1, -0.05) is 181 Å². The van der Waals surface area contributed by atoms with Gasteiger partial charge in [0.2, 0.25) is 0 Å². The standard InChI is InChI=1S/3C8H8.2C6H12.C2H4/c3*1-2-8-6-4-3-5-7-8;2*1-3-5-6-4-2;1-2/h3*2-7H,1H2;2*3H,1,4-6H2,2H3;1-2H2. The second kappa shape index (κ2) is 35.3. The minimum atomic E-state index is 1.17. The number of hydrogen-bond acceptors (Lipinski definition) is 0. The van der Waals surface area contributed by atoms with Gasteiger partial charge in [-0.25, -0.2) is 0 Å². The summed E-state index contributed by atoms with van der Waals surface area (Å²) in [6.07, 6.45) is 16.9. The minimum absolute atomic E-state index is 1.17. The second-order valence-electron chi connectivity index (χ2n) is 7.71. The Balaban J connectivity index is -0.000000399. The summed E-state index contributed by atoms with van der Waals surface area (Å²) in [6.45, 7) is 28.5. The average molecular weight is 509 g/mol. The van der Waals surface area contributed by atoms with Crippen LogP contribution in [0.15, 0.2) is 149 Å². The minimum Gasteiger partial charge on any atom is -0.106 e. The number of hydrogen-bond donors (Lipinski definition) is 0. The van der Waals surface area contributed by atoms with Gasteiger partial charge in [-0.2, -0.15) is 0 Å². The Morgan fingerprint density at radius 3 is 0.789 bits per heavy atom. The topological polar surface area (TPSA) is 0 Å². The molecule has 0 saturated carbocycles. The quantitative estimate of drug-likeness (QED) is 0.199. The first-order valence-electron chi connectivity index (χ1n) is 13.4. The van der Waals surface area contributed by atoms with Crippen molar-refractivity contribution in [3.8, 4) is 0 Å². The normalized spacial score (nSPS) is 8.05. The van der Waals surface area contributed by atoms with E-state index in [1.54, 1.807) is 0 Å². The zero-order valence-corrected chi connectivity index (χ0v) is 24.2. The van der Waals surface area contributed by atoms with Crippen LogP contribution in [0.3, 0.4) is 0 Å². The smallest absolute Gasteiger partial charge is 0.0263 e. The molecule has 0 spiro atoms. The van der Waals surface area contributed by atoms with Crippen LogP contribution >= 0.6 is 0 Å². The van der Waals surface area contributed by atoms with E-state index in [4.69, 9.17) is 0 Å². The molecule has 0 heterocycles. The van der Waals surface area contributed by atoms with Crippen LogP contribution in [0.5, 0.6) is 0 Å². The molecule has 0 aliphatic rings. The maximum absolute atomic E-state index is 3.63. The molecule has 3 aromatic carbocycles. The SMILES string of the molecule is C=C.C=CCCCC.C=CCCCC.C=Cc1ccccc1.C=Cc1ccccc1.C=Cc1ccccc1. The van der Waals surface area contributed by atoms with E-state index in [-0.39, 0.29) is 0 Å². The Labute approximate surface area is 236 Å². The van der Waals surface area contributed by atoms with Crippen molar-refractivity contribution in [1.82, 2.24) is 0 Å². The fourth-order valence-electron chi connectivity index (χ4n) is 2.46. The van der Waals surface area contributed by atoms with Crippen molar-refractivity contribution >= 4 is 18.2 Å². The zero-order chi connectivity index (χ0) is 29.1. The molecule has 0 unspecified atom stereocenters. The fourth-order valence-corrected chi connectivity index (χ4v) is 2.46. The third-order valence-corrected chi connectivity index (χ3v) is 4.63. The van der Waals surface area contributed by atoms with Crippen molar-refractivity contribution in [2.75, 3.05) is 0 Å². The lowest BCUT2D eigenvalue weighted by molar-refractivity contribution is 0.816. The molecule has 0 bridgehead atoms. The van der Waals surface area contributed by atoms with Crippen molar-refractivity contribution < 1.29 is 0 Å². The molecular weight excluding hydrogens is 456 g/mol. The molecule has 0 aliphatic heterocycles. The van der Waals surface area contributed by atoms with Gasteiger partial charge >= 0.3 is 0 Å². The van der Waals surface area contributed by atoms with E-state index in [1.807, 2.05) is 121 Å². The van der Waals surface area contributed by atoms with Gasteiger partial charge in [-0.15, -0.1) is 26.3 Å². The summed E-state index contributed by atoms with van der Waals surface area (Å²) >= 11 is 0. The lowest BCUT2D eigenvalue weighted by atomic mass is 10.2. The first-order valence-corrected chi connectivity index (χ1v) is 13.4. The van der Waals surface area contributed by atoms with Gasteiger partial charge in [-0.3, -0.25) is 0 Å². The van der Waals surface area contributed by atoms with Gasteiger partial charge in [0.25, 0.3) is 0 Å². The molecule has 0 amide bonds. The maximum Gasteiger partial charge on any atom is -0.0263 e. The Bertz CT molecular complexity index is 773. The summed E-state index contributed by atoms with van der Waals surface area (Å²) in [4.78, 5) is 0. The van der Waals surface area contributed by atoms with Crippen molar-refractivity contribution in [3.05, 3.63) is 166 Å². The van der Waals surface area contributed by atoms with E-state index in [2.05, 4.69) is 59.9 Å². The Hall–Kier alpha value is -3.90. The lowest BCUT2D eigenvalue weighted by Crippen LogP contribution is -1.63. The molecule has 38 heavy (non-hydrogen) atoms. The van der Waals surface area contributed by atoms with Crippen LogP contribution in [0.25, 0.3) is 18.2 Å². The molecule has 3 rings (SSSR count). The molecule has 0 atom stereocenters. The molecule has 0 aliphatic carbocycles. The molecule has 0 N–H and O–H groups in total. The summed E-state index contributed by atoms with van der Waals surface area (Å²) in [5.41, 5.74) is 3.52. The van der Waals surface area contributed by atoms with Crippen molar-refractivity contribution in [2.24, 2.45) is 0 Å². The summed E-state index contributed by atoms with van der Waals surface area (Å²) in [6, 6.07) is 30.1. The number of benzene rings is 3. The number of allylic oxidation sites excluding steroid dienone is 2. The number of rotatable bonds is 9. The van der Waals surface area contributed by atoms with Gasteiger partial charge in [0.15, 0.2) is 0 Å². The Morgan fingerprint density at radius 2 is 0.684 bits per heavy atom. The number of unbranched alkanes of at least 4 members (excludes halogenated alkanes) is 4. The predicted molar refractivity (Wildman–Crippen MR) is 180 cm³/mol.